The molecule has 2 aromatic heterocycles. The number of aryl methyl sites for hydroxylation is 2. The van der Waals surface area contributed by atoms with Gasteiger partial charge in [-0.2, -0.15) is 0 Å². The lowest BCUT2D eigenvalue weighted by atomic mass is 10.1. The average Bonchev–Trinajstić information content (AvgIpc) is 2.76. The summed E-state index contributed by atoms with van der Waals surface area (Å²) < 4.78 is 6.45. The van der Waals surface area contributed by atoms with Crippen LogP contribution in [0.3, 0.4) is 0 Å². The second-order valence-corrected chi connectivity index (χ2v) is 9.72. The maximum atomic E-state index is 13.3. The van der Waals surface area contributed by atoms with Crippen molar-refractivity contribution >= 4 is 28.3 Å². The van der Waals surface area contributed by atoms with Crippen molar-refractivity contribution in [3.8, 4) is 0 Å². The number of aromatic amines is 1. The van der Waals surface area contributed by atoms with E-state index in [1.807, 2.05) is 56.3 Å². The number of hydrogen-bond donors (Lipinski definition) is 2. The Balaban J connectivity index is 1.74. The number of carbonyl (C=O) groups is 1. The molecule has 2 heterocycles. The Kier molecular flexibility index (Phi) is 6.43. The van der Waals surface area contributed by atoms with Gasteiger partial charge in [0.1, 0.15) is 5.60 Å². The zero-order valence-corrected chi connectivity index (χ0v) is 20.5. The average molecular weight is 476 g/mol. The van der Waals surface area contributed by atoms with Crippen LogP contribution in [0.15, 0.2) is 52.1 Å². The quantitative estimate of drug-likeness (QED) is 0.427. The molecule has 4 rings (SSSR count). The largest absolute Gasteiger partial charge is 0.444 e. The van der Waals surface area contributed by atoms with Gasteiger partial charge in [0.15, 0.2) is 11.2 Å². The monoisotopic (exact) mass is 475 g/mol. The van der Waals surface area contributed by atoms with Crippen molar-refractivity contribution in [2.75, 3.05) is 0 Å². The number of hydrogen-bond acceptors (Lipinski definition) is 6. The van der Waals surface area contributed by atoms with Gasteiger partial charge in [-0.05, 0) is 69.9 Å². The third kappa shape index (κ3) is 5.56. The number of amides is 1. The summed E-state index contributed by atoms with van der Waals surface area (Å²) in [5.74, 6) is 0. The van der Waals surface area contributed by atoms with Gasteiger partial charge in [0.05, 0.1) is 23.6 Å². The number of benzene rings is 2. The molecule has 9 nitrogen and oxygen atoms in total. The molecule has 0 aliphatic heterocycles. The van der Waals surface area contributed by atoms with Crippen LogP contribution in [-0.4, -0.2) is 37.3 Å². The number of aromatic nitrogens is 4. The van der Waals surface area contributed by atoms with Crippen molar-refractivity contribution in [1.29, 1.82) is 0 Å². The van der Waals surface area contributed by atoms with Crippen molar-refractivity contribution in [3.63, 3.8) is 0 Å². The van der Waals surface area contributed by atoms with Crippen LogP contribution in [0.1, 0.15) is 37.5 Å². The van der Waals surface area contributed by atoms with E-state index in [0.717, 1.165) is 21.3 Å². The van der Waals surface area contributed by atoms with Gasteiger partial charge in [0.2, 0.25) is 0 Å². The van der Waals surface area contributed by atoms with Gasteiger partial charge in [0.25, 0.3) is 5.56 Å². The highest BCUT2D eigenvalue weighted by Crippen LogP contribution is 2.17. The second kappa shape index (κ2) is 9.32. The zero-order chi connectivity index (χ0) is 25.3. The normalized spacial score (nSPS) is 12.6. The lowest BCUT2D eigenvalue weighted by Crippen LogP contribution is -2.47. The molecule has 0 bridgehead atoms. The van der Waals surface area contributed by atoms with E-state index in [1.165, 1.54) is 0 Å². The number of carbonyl (C=O) groups excluding carboxylic acids is 1. The Morgan fingerprint density at radius 2 is 1.69 bits per heavy atom. The van der Waals surface area contributed by atoms with Crippen LogP contribution in [0.4, 0.5) is 4.79 Å². The van der Waals surface area contributed by atoms with Gasteiger partial charge in [-0.1, -0.05) is 30.3 Å². The molecule has 0 saturated carbocycles. The van der Waals surface area contributed by atoms with E-state index in [9.17, 15) is 14.4 Å². The summed E-state index contributed by atoms with van der Waals surface area (Å²) >= 11 is 0. The van der Waals surface area contributed by atoms with Gasteiger partial charge in [-0.3, -0.25) is 14.3 Å². The van der Waals surface area contributed by atoms with Crippen molar-refractivity contribution in [1.82, 2.24) is 24.8 Å². The Morgan fingerprint density at radius 1 is 1.06 bits per heavy atom. The van der Waals surface area contributed by atoms with Gasteiger partial charge >= 0.3 is 11.8 Å². The molecule has 35 heavy (non-hydrogen) atoms. The maximum absolute atomic E-state index is 13.3. The third-order valence-electron chi connectivity index (χ3n) is 5.65. The molecule has 2 N–H and O–H groups in total. The molecule has 182 valence electrons. The second-order valence-electron chi connectivity index (χ2n) is 9.72. The van der Waals surface area contributed by atoms with Crippen molar-refractivity contribution in [2.24, 2.45) is 0 Å². The van der Waals surface area contributed by atoms with Gasteiger partial charge < -0.3 is 10.1 Å². The number of nitrogens with zero attached hydrogens (tertiary/aromatic N) is 3. The first-order valence-electron chi connectivity index (χ1n) is 11.5. The highest BCUT2D eigenvalue weighted by molar-refractivity contribution is 5.84. The third-order valence-corrected chi connectivity index (χ3v) is 5.65. The lowest BCUT2D eigenvalue weighted by molar-refractivity contribution is 0.0498. The number of alkyl carbamates (subject to hydrolysis) is 1. The molecule has 0 aliphatic carbocycles. The molecule has 0 aliphatic rings. The van der Waals surface area contributed by atoms with E-state index in [2.05, 4.69) is 20.3 Å². The van der Waals surface area contributed by atoms with Crippen LogP contribution in [-0.2, 0) is 17.7 Å². The Hall–Kier alpha value is -4.01. The molecule has 0 saturated heterocycles. The molecule has 1 unspecified atom stereocenters. The molecule has 0 fully saturated rings. The molecule has 4 aromatic rings. The zero-order valence-electron chi connectivity index (χ0n) is 20.5. The lowest BCUT2D eigenvalue weighted by Gasteiger charge is -2.24. The van der Waals surface area contributed by atoms with Gasteiger partial charge in [-0.15, -0.1) is 0 Å². The number of fused-ring (bicyclic) bond motifs is 2. The van der Waals surface area contributed by atoms with Crippen LogP contribution >= 0.6 is 0 Å². The highest BCUT2D eigenvalue weighted by Gasteiger charge is 2.22. The first-order chi connectivity index (χ1) is 16.5. The summed E-state index contributed by atoms with van der Waals surface area (Å²) in [4.78, 5) is 50.4. The van der Waals surface area contributed by atoms with E-state index < -0.39 is 29.0 Å². The van der Waals surface area contributed by atoms with Crippen molar-refractivity contribution in [3.05, 3.63) is 80.0 Å². The molecule has 0 spiro atoms. The first kappa shape index (κ1) is 24.1. The number of H-pyrrole nitrogens is 1. The predicted molar refractivity (Wildman–Crippen MR) is 135 cm³/mol. The van der Waals surface area contributed by atoms with Crippen LogP contribution < -0.4 is 16.6 Å². The standard InChI is InChI=1S/C26H29N5O4/c1-15-11-19-20(12-16(15)2)29-22-21(28-19)23(32)31(24(33)30-22)14-18(13-17-9-7-6-8-10-17)27-25(34)35-26(3,4)5/h6-12,18H,13-14H2,1-5H3,(H,27,34)(H,29,30,33). The van der Waals surface area contributed by atoms with E-state index in [0.29, 0.717) is 17.5 Å². The molecule has 0 radical (unpaired) electrons. The van der Waals surface area contributed by atoms with E-state index in [4.69, 9.17) is 4.74 Å². The number of rotatable bonds is 5. The van der Waals surface area contributed by atoms with Crippen LogP contribution in [0.25, 0.3) is 22.2 Å². The summed E-state index contributed by atoms with van der Waals surface area (Å²) in [5, 5.41) is 2.81. The fourth-order valence-electron chi connectivity index (χ4n) is 3.86. The maximum Gasteiger partial charge on any atom is 0.407 e. The molecular weight excluding hydrogens is 446 g/mol. The molecule has 1 atom stereocenters. The SMILES string of the molecule is Cc1cc2nc3[nH]c(=O)n(CC(Cc4ccccc4)NC(=O)OC(C)(C)C)c(=O)c3nc2cc1C. The Bertz CT molecular complexity index is 1520. The summed E-state index contributed by atoms with van der Waals surface area (Å²) in [6, 6.07) is 12.7. The summed E-state index contributed by atoms with van der Waals surface area (Å²) in [7, 11) is 0. The topological polar surface area (TPSA) is 119 Å². The van der Waals surface area contributed by atoms with Crippen LogP contribution in [0.5, 0.6) is 0 Å². The minimum atomic E-state index is -0.689. The Morgan fingerprint density at radius 3 is 2.31 bits per heavy atom. The minimum Gasteiger partial charge on any atom is -0.444 e. The smallest absolute Gasteiger partial charge is 0.407 e. The fourth-order valence-corrected chi connectivity index (χ4v) is 3.86. The molecule has 2 aromatic carbocycles. The van der Waals surface area contributed by atoms with E-state index in [1.54, 1.807) is 20.8 Å². The Labute approximate surface area is 202 Å². The molecule has 1 amide bonds. The van der Waals surface area contributed by atoms with Crippen molar-refractivity contribution < 1.29 is 9.53 Å². The minimum absolute atomic E-state index is 0.0646. The fraction of sp³-hybridized carbons (Fsp3) is 0.346. The first-order valence-corrected chi connectivity index (χ1v) is 11.5. The summed E-state index contributed by atoms with van der Waals surface area (Å²) in [5.41, 5.74) is 2.50. The van der Waals surface area contributed by atoms with Crippen LogP contribution in [0, 0.1) is 13.8 Å². The predicted octanol–water partition coefficient (Wildman–Crippen LogP) is 3.39. The van der Waals surface area contributed by atoms with Crippen LogP contribution in [0.2, 0.25) is 0 Å². The summed E-state index contributed by atoms with van der Waals surface area (Å²) in [6.45, 7) is 9.16. The van der Waals surface area contributed by atoms with Crippen molar-refractivity contribution in [2.45, 2.75) is 59.2 Å². The molecule has 9 heteroatoms. The number of nitrogens with one attached hydrogen (secondary N) is 2. The molecular formula is C26H29N5O4. The van der Waals surface area contributed by atoms with Gasteiger partial charge in [-0.25, -0.2) is 19.6 Å². The van der Waals surface area contributed by atoms with E-state index >= 15 is 0 Å². The number of ether oxygens (including phenoxy) is 1. The van der Waals surface area contributed by atoms with E-state index in [-0.39, 0.29) is 17.7 Å². The highest BCUT2D eigenvalue weighted by atomic mass is 16.6. The van der Waals surface area contributed by atoms with Gasteiger partial charge in [0, 0.05) is 0 Å². The summed E-state index contributed by atoms with van der Waals surface area (Å²) in [6.07, 6.45) is -0.230.